The minimum absolute atomic E-state index is 0.0866. The molecule has 106 valence electrons. The van der Waals surface area contributed by atoms with Crippen LogP contribution in [-0.4, -0.2) is 31.4 Å². The first-order chi connectivity index (χ1) is 8.86. The summed E-state index contributed by atoms with van der Waals surface area (Å²) >= 11 is 3.44. The molecule has 0 saturated heterocycles. The van der Waals surface area contributed by atoms with Crippen LogP contribution in [0.1, 0.15) is 25.8 Å². The number of methoxy groups -OCH3 is 1. The van der Waals surface area contributed by atoms with E-state index in [0.717, 1.165) is 15.8 Å². The van der Waals surface area contributed by atoms with Crippen molar-refractivity contribution >= 4 is 21.9 Å². The fourth-order valence-corrected chi connectivity index (χ4v) is 2.25. The zero-order chi connectivity index (χ0) is 14.5. The summed E-state index contributed by atoms with van der Waals surface area (Å²) in [4.78, 5) is 10.9. The van der Waals surface area contributed by atoms with Gasteiger partial charge in [-0.1, -0.05) is 19.9 Å². The molecule has 0 aliphatic rings. The van der Waals surface area contributed by atoms with Gasteiger partial charge in [0.05, 0.1) is 17.5 Å². The monoisotopic (exact) mass is 330 g/mol. The van der Waals surface area contributed by atoms with Gasteiger partial charge in [0.1, 0.15) is 12.4 Å². The quantitative estimate of drug-likeness (QED) is 0.780. The molecular weight excluding hydrogens is 312 g/mol. The van der Waals surface area contributed by atoms with Crippen molar-refractivity contribution in [1.82, 2.24) is 0 Å². The fraction of sp³-hybridized carbons (Fsp3) is 0.500. The minimum Gasteiger partial charge on any atom is -0.490 e. The third-order valence-electron chi connectivity index (χ3n) is 2.85. The first-order valence-corrected chi connectivity index (χ1v) is 6.79. The van der Waals surface area contributed by atoms with Crippen LogP contribution in [0, 0.1) is 0 Å². The predicted octanol–water partition coefficient (Wildman–Crippen LogP) is 3.23. The summed E-state index contributed by atoms with van der Waals surface area (Å²) in [6.07, 6.45) is 0.0866. The molecule has 5 heteroatoms. The van der Waals surface area contributed by atoms with Crippen LogP contribution in [0.5, 0.6) is 5.75 Å². The van der Waals surface area contributed by atoms with Gasteiger partial charge in [0.25, 0.3) is 0 Å². The van der Waals surface area contributed by atoms with Crippen LogP contribution < -0.4 is 4.74 Å². The second-order valence-electron chi connectivity index (χ2n) is 4.94. The van der Waals surface area contributed by atoms with Crippen molar-refractivity contribution in [3.63, 3.8) is 0 Å². The lowest BCUT2D eigenvalue weighted by molar-refractivity contribution is -0.138. The summed E-state index contributed by atoms with van der Waals surface area (Å²) in [5.41, 5.74) is 0.542. The molecule has 1 aromatic carbocycles. The van der Waals surface area contributed by atoms with Crippen LogP contribution in [0.25, 0.3) is 0 Å². The number of aliphatic carboxylic acids is 1. The number of rotatable bonds is 7. The molecule has 0 atom stereocenters. The van der Waals surface area contributed by atoms with Crippen molar-refractivity contribution in [2.45, 2.75) is 25.7 Å². The molecule has 0 amide bonds. The van der Waals surface area contributed by atoms with Crippen LogP contribution in [0.3, 0.4) is 0 Å². The third kappa shape index (κ3) is 4.84. The summed E-state index contributed by atoms with van der Waals surface area (Å²) in [5.74, 6) is -0.0755. The van der Waals surface area contributed by atoms with E-state index in [1.807, 2.05) is 32.0 Å². The van der Waals surface area contributed by atoms with Gasteiger partial charge in [-0.25, -0.2) is 0 Å². The van der Waals surface area contributed by atoms with Crippen molar-refractivity contribution in [3.05, 3.63) is 28.2 Å². The lowest BCUT2D eigenvalue weighted by Gasteiger charge is -2.23. The fourth-order valence-electron chi connectivity index (χ4n) is 1.75. The van der Waals surface area contributed by atoms with Crippen LogP contribution >= 0.6 is 15.9 Å². The smallest absolute Gasteiger partial charge is 0.304 e. The molecule has 0 unspecified atom stereocenters. The molecule has 1 N–H and O–H groups in total. The number of carbonyl (C=O) groups is 1. The maximum absolute atomic E-state index is 10.9. The maximum atomic E-state index is 10.9. The van der Waals surface area contributed by atoms with Gasteiger partial charge < -0.3 is 14.6 Å². The first kappa shape index (κ1) is 16.0. The largest absolute Gasteiger partial charge is 0.490 e. The topological polar surface area (TPSA) is 55.8 Å². The summed E-state index contributed by atoms with van der Waals surface area (Å²) in [7, 11) is 1.62. The van der Waals surface area contributed by atoms with E-state index < -0.39 is 11.4 Å². The number of hydrogen-bond donors (Lipinski definition) is 1. The van der Waals surface area contributed by atoms with Crippen LogP contribution in [0.4, 0.5) is 0 Å². The highest BCUT2D eigenvalue weighted by Gasteiger charge is 2.24. The molecule has 19 heavy (non-hydrogen) atoms. The molecule has 0 aliphatic heterocycles. The molecule has 0 aromatic heterocycles. The number of halogens is 1. The highest BCUT2D eigenvalue weighted by atomic mass is 79.9. The Morgan fingerprint density at radius 3 is 2.58 bits per heavy atom. The van der Waals surface area contributed by atoms with Gasteiger partial charge in [0, 0.05) is 12.5 Å². The molecule has 4 nitrogen and oxygen atoms in total. The molecule has 0 bridgehead atoms. The second kappa shape index (κ2) is 6.91. The number of benzene rings is 1. The number of carboxylic acids is 1. The highest BCUT2D eigenvalue weighted by molar-refractivity contribution is 9.10. The Bertz CT molecular complexity index is 443. The van der Waals surface area contributed by atoms with Gasteiger partial charge in [-0.3, -0.25) is 4.79 Å². The molecule has 0 spiro atoms. The molecule has 0 heterocycles. The predicted molar refractivity (Wildman–Crippen MR) is 76.8 cm³/mol. The molecule has 0 fully saturated rings. The third-order valence-corrected chi connectivity index (χ3v) is 3.47. The van der Waals surface area contributed by atoms with E-state index in [4.69, 9.17) is 14.6 Å². The number of ether oxygens (including phenoxy) is 2. The molecule has 0 radical (unpaired) electrons. The molecule has 0 aliphatic carbocycles. The summed E-state index contributed by atoms with van der Waals surface area (Å²) in [6.45, 7) is 4.83. The van der Waals surface area contributed by atoms with Gasteiger partial charge in [0.2, 0.25) is 0 Å². The molecule has 0 saturated carbocycles. The van der Waals surface area contributed by atoms with E-state index >= 15 is 0 Å². The van der Waals surface area contributed by atoms with E-state index in [0.29, 0.717) is 13.2 Å². The summed E-state index contributed by atoms with van der Waals surface area (Å²) < 4.78 is 11.3. The molecular formula is C14H19BrO4. The van der Waals surface area contributed by atoms with E-state index in [-0.39, 0.29) is 6.42 Å². The van der Waals surface area contributed by atoms with Gasteiger partial charge in [-0.15, -0.1) is 0 Å². The van der Waals surface area contributed by atoms with Crippen LogP contribution in [0.15, 0.2) is 22.7 Å². The zero-order valence-corrected chi connectivity index (χ0v) is 13.0. The van der Waals surface area contributed by atoms with Gasteiger partial charge in [0.15, 0.2) is 0 Å². The van der Waals surface area contributed by atoms with Crippen molar-refractivity contribution in [2.24, 2.45) is 0 Å². The van der Waals surface area contributed by atoms with Crippen molar-refractivity contribution in [1.29, 1.82) is 0 Å². The van der Waals surface area contributed by atoms with E-state index in [1.165, 1.54) is 0 Å². The Morgan fingerprint density at radius 2 is 2.05 bits per heavy atom. The standard InChI is InChI=1S/C14H19BrO4/c1-14(2,9-13(16)17)10-4-5-12(11(15)8-10)19-7-6-18-3/h4-5,8H,6-7,9H2,1-3H3,(H,16,17). The maximum Gasteiger partial charge on any atom is 0.304 e. The highest BCUT2D eigenvalue weighted by Crippen LogP contribution is 2.33. The lowest BCUT2D eigenvalue weighted by Crippen LogP contribution is -2.21. The van der Waals surface area contributed by atoms with Crippen molar-refractivity contribution in [2.75, 3.05) is 20.3 Å². The SMILES string of the molecule is COCCOc1ccc(C(C)(C)CC(=O)O)cc1Br. The van der Waals surface area contributed by atoms with Crippen LogP contribution in [0.2, 0.25) is 0 Å². The Balaban J connectivity index is 2.83. The Labute approximate surface area is 121 Å². The zero-order valence-electron chi connectivity index (χ0n) is 11.4. The minimum atomic E-state index is -0.804. The Morgan fingerprint density at radius 1 is 1.37 bits per heavy atom. The van der Waals surface area contributed by atoms with Gasteiger partial charge >= 0.3 is 5.97 Å². The van der Waals surface area contributed by atoms with Gasteiger partial charge in [-0.2, -0.15) is 0 Å². The Kier molecular flexibility index (Phi) is 5.82. The van der Waals surface area contributed by atoms with Gasteiger partial charge in [-0.05, 0) is 33.6 Å². The molecule has 1 rings (SSSR count). The average Bonchev–Trinajstić information content (AvgIpc) is 2.29. The second-order valence-corrected chi connectivity index (χ2v) is 5.80. The Hall–Kier alpha value is -1.07. The lowest BCUT2D eigenvalue weighted by atomic mass is 9.81. The van der Waals surface area contributed by atoms with Crippen molar-refractivity contribution < 1.29 is 19.4 Å². The average molecular weight is 331 g/mol. The number of carboxylic acid groups (broad SMARTS) is 1. The summed E-state index contributed by atoms with van der Waals surface area (Å²) in [5, 5.41) is 8.93. The summed E-state index contributed by atoms with van der Waals surface area (Å²) in [6, 6.07) is 5.65. The van der Waals surface area contributed by atoms with E-state index in [9.17, 15) is 4.79 Å². The van der Waals surface area contributed by atoms with Crippen molar-refractivity contribution in [3.8, 4) is 5.75 Å². The number of hydrogen-bond acceptors (Lipinski definition) is 3. The normalized spacial score (nSPS) is 11.4. The van der Waals surface area contributed by atoms with E-state index in [1.54, 1.807) is 7.11 Å². The first-order valence-electron chi connectivity index (χ1n) is 6.00. The van der Waals surface area contributed by atoms with Crippen LogP contribution in [-0.2, 0) is 14.9 Å². The van der Waals surface area contributed by atoms with E-state index in [2.05, 4.69) is 15.9 Å². The molecule has 1 aromatic rings.